The zero-order valence-corrected chi connectivity index (χ0v) is 13.7. The van der Waals surface area contributed by atoms with Gasteiger partial charge in [0.25, 0.3) is 0 Å². The fourth-order valence-electron chi connectivity index (χ4n) is 2.92. The zero-order valence-electron chi connectivity index (χ0n) is 13.7. The Labute approximate surface area is 134 Å². The van der Waals surface area contributed by atoms with Crippen LogP contribution in [0.1, 0.15) is 41.8 Å². The van der Waals surface area contributed by atoms with Crippen LogP contribution in [0.25, 0.3) is 0 Å². The number of benzene rings is 1. The van der Waals surface area contributed by atoms with E-state index in [0.29, 0.717) is 30.6 Å². The fraction of sp³-hybridized carbons (Fsp3) is 0.389. The van der Waals surface area contributed by atoms with Crippen molar-refractivity contribution in [2.75, 3.05) is 0 Å². The highest BCUT2D eigenvalue weighted by Gasteiger charge is 2.20. The first-order valence-corrected chi connectivity index (χ1v) is 7.93. The van der Waals surface area contributed by atoms with Crippen LogP contribution in [0.4, 0.5) is 4.39 Å². The van der Waals surface area contributed by atoms with Crippen LogP contribution in [0.5, 0.6) is 0 Å². The Bertz CT molecular complexity index is 852. The lowest BCUT2D eigenvalue weighted by molar-refractivity contribution is 0.607. The number of hydrogen-bond donors (Lipinski definition) is 0. The van der Waals surface area contributed by atoms with Gasteiger partial charge < -0.3 is 4.57 Å². The van der Waals surface area contributed by atoms with E-state index in [2.05, 4.69) is 16.9 Å². The number of fused-ring (bicyclic) bond motifs is 1. The maximum Gasteiger partial charge on any atom is 0.347 e. The topological polar surface area (TPSA) is 47.2 Å². The van der Waals surface area contributed by atoms with Crippen molar-refractivity contribution in [1.29, 1.82) is 0 Å². The van der Waals surface area contributed by atoms with Crippen LogP contribution in [-0.4, -0.2) is 15.3 Å². The lowest BCUT2D eigenvalue weighted by atomic mass is 9.94. The molecule has 1 aromatic carbocycles. The lowest BCUT2D eigenvalue weighted by Gasteiger charge is -2.18. The SMILES string of the molecule is CCc1cc(CC)c(F)c(C2=NCc3nc(=O)n(C)cc3C2)c1. The molecule has 2 aromatic rings. The van der Waals surface area contributed by atoms with E-state index in [0.717, 1.165) is 28.8 Å². The smallest absolute Gasteiger partial charge is 0.302 e. The summed E-state index contributed by atoms with van der Waals surface area (Å²) in [5, 5.41) is 0. The number of hydrogen-bond acceptors (Lipinski definition) is 3. The van der Waals surface area contributed by atoms with Gasteiger partial charge in [-0.1, -0.05) is 19.9 Å². The highest BCUT2D eigenvalue weighted by molar-refractivity contribution is 6.03. The van der Waals surface area contributed by atoms with Crippen molar-refractivity contribution in [3.05, 3.63) is 62.6 Å². The number of aryl methyl sites for hydroxylation is 3. The Morgan fingerprint density at radius 1 is 1.26 bits per heavy atom. The van der Waals surface area contributed by atoms with Crippen molar-refractivity contribution in [3.63, 3.8) is 0 Å². The molecule has 1 aromatic heterocycles. The first kappa shape index (κ1) is 15.6. The van der Waals surface area contributed by atoms with E-state index in [1.165, 1.54) is 4.57 Å². The van der Waals surface area contributed by atoms with Crippen LogP contribution in [-0.2, 0) is 32.9 Å². The Kier molecular flexibility index (Phi) is 4.11. The second-order valence-electron chi connectivity index (χ2n) is 5.87. The first-order valence-electron chi connectivity index (χ1n) is 7.93. The van der Waals surface area contributed by atoms with Gasteiger partial charge in [0.05, 0.1) is 12.2 Å². The summed E-state index contributed by atoms with van der Waals surface area (Å²) in [5.41, 5.74) is 4.52. The first-order chi connectivity index (χ1) is 11.0. The van der Waals surface area contributed by atoms with E-state index in [1.54, 1.807) is 13.2 Å². The molecule has 0 radical (unpaired) electrons. The Morgan fingerprint density at radius 3 is 2.74 bits per heavy atom. The molecule has 120 valence electrons. The van der Waals surface area contributed by atoms with Gasteiger partial charge in [0.1, 0.15) is 5.82 Å². The van der Waals surface area contributed by atoms with E-state index in [-0.39, 0.29) is 11.5 Å². The minimum Gasteiger partial charge on any atom is -0.302 e. The van der Waals surface area contributed by atoms with Crippen LogP contribution in [0.15, 0.2) is 28.1 Å². The molecule has 0 atom stereocenters. The molecular weight excluding hydrogens is 293 g/mol. The van der Waals surface area contributed by atoms with Gasteiger partial charge in [0.15, 0.2) is 0 Å². The summed E-state index contributed by atoms with van der Waals surface area (Å²) >= 11 is 0. The van der Waals surface area contributed by atoms with E-state index < -0.39 is 0 Å². The summed E-state index contributed by atoms with van der Waals surface area (Å²) in [7, 11) is 1.68. The number of aliphatic imine (C=N–C) groups is 1. The molecule has 0 aliphatic carbocycles. The molecule has 0 fully saturated rings. The minimum atomic E-state index is -0.283. The van der Waals surface area contributed by atoms with Crippen molar-refractivity contribution in [2.45, 2.75) is 39.7 Å². The Balaban J connectivity index is 2.05. The van der Waals surface area contributed by atoms with Gasteiger partial charge in [-0.05, 0) is 35.6 Å². The number of aromatic nitrogens is 2. The molecule has 0 saturated heterocycles. The third kappa shape index (κ3) is 2.83. The molecule has 0 N–H and O–H groups in total. The summed E-state index contributed by atoms with van der Waals surface area (Å²) in [4.78, 5) is 20.1. The molecule has 1 aliphatic rings. The molecule has 5 heteroatoms. The van der Waals surface area contributed by atoms with Crippen molar-refractivity contribution < 1.29 is 4.39 Å². The van der Waals surface area contributed by atoms with Gasteiger partial charge >= 0.3 is 5.69 Å². The van der Waals surface area contributed by atoms with Gasteiger partial charge in [-0.15, -0.1) is 0 Å². The highest BCUT2D eigenvalue weighted by atomic mass is 19.1. The molecule has 0 unspecified atom stereocenters. The van der Waals surface area contributed by atoms with E-state index in [1.807, 2.05) is 19.1 Å². The maximum absolute atomic E-state index is 14.7. The van der Waals surface area contributed by atoms with Crippen LogP contribution < -0.4 is 5.69 Å². The summed E-state index contributed by atoms with van der Waals surface area (Å²) in [6.45, 7) is 4.35. The second-order valence-corrected chi connectivity index (χ2v) is 5.87. The Morgan fingerprint density at radius 2 is 2.04 bits per heavy atom. The number of nitrogens with zero attached hydrogens (tertiary/aromatic N) is 3. The van der Waals surface area contributed by atoms with Gasteiger partial charge in [-0.2, -0.15) is 4.98 Å². The van der Waals surface area contributed by atoms with E-state index in [4.69, 9.17) is 0 Å². The highest BCUT2D eigenvalue weighted by Crippen LogP contribution is 2.23. The molecule has 0 saturated carbocycles. The molecule has 23 heavy (non-hydrogen) atoms. The average Bonchev–Trinajstić information content (AvgIpc) is 2.56. The van der Waals surface area contributed by atoms with Crippen molar-refractivity contribution in [3.8, 4) is 0 Å². The van der Waals surface area contributed by atoms with Gasteiger partial charge in [0.2, 0.25) is 0 Å². The number of halogens is 1. The van der Waals surface area contributed by atoms with Crippen LogP contribution in [0, 0.1) is 5.82 Å². The molecule has 0 spiro atoms. The minimum absolute atomic E-state index is 0.176. The van der Waals surface area contributed by atoms with E-state index in [9.17, 15) is 9.18 Å². The normalized spacial score (nSPS) is 13.7. The summed E-state index contributed by atoms with van der Waals surface area (Å²) in [6, 6.07) is 3.83. The largest absolute Gasteiger partial charge is 0.347 e. The van der Waals surface area contributed by atoms with Gasteiger partial charge in [-0.25, -0.2) is 9.18 Å². The summed E-state index contributed by atoms with van der Waals surface area (Å²) < 4.78 is 16.2. The third-order valence-corrected chi connectivity index (χ3v) is 4.34. The molecule has 4 nitrogen and oxygen atoms in total. The average molecular weight is 313 g/mol. The van der Waals surface area contributed by atoms with Crippen molar-refractivity contribution in [2.24, 2.45) is 12.0 Å². The summed E-state index contributed by atoms with van der Waals surface area (Å²) in [5.74, 6) is -0.176. The van der Waals surface area contributed by atoms with E-state index >= 15 is 0 Å². The standard InChI is InChI=1S/C18H20FN3O/c1-4-11-6-12(5-2)17(19)14(7-11)15-8-13-10-22(3)18(23)21-16(13)9-20-15/h6-7,10H,4-5,8-9H2,1-3H3. The van der Waals surface area contributed by atoms with Crippen LogP contribution in [0.2, 0.25) is 0 Å². The maximum atomic E-state index is 14.7. The molecule has 1 aliphatic heterocycles. The van der Waals surface area contributed by atoms with Crippen molar-refractivity contribution in [1.82, 2.24) is 9.55 Å². The Hall–Kier alpha value is -2.30. The predicted octanol–water partition coefficient (Wildman–Crippen LogP) is 2.59. The van der Waals surface area contributed by atoms with Crippen molar-refractivity contribution >= 4 is 5.71 Å². The van der Waals surface area contributed by atoms with Crippen LogP contribution >= 0.6 is 0 Å². The molecule has 0 amide bonds. The molecule has 2 heterocycles. The predicted molar refractivity (Wildman–Crippen MR) is 88.6 cm³/mol. The van der Waals surface area contributed by atoms with Crippen LogP contribution in [0.3, 0.4) is 0 Å². The molecular formula is C18H20FN3O. The van der Waals surface area contributed by atoms with Gasteiger partial charge in [0, 0.05) is 30.9 Å². The second kappa shape index (κ2) is 6.07. The third-order valence-electron chi connectivity index (χ3n) is 4.34. The number of rotatable bonds is 3. The quantitative estimate of drug-likeness (QED) is 0.874. The van der Waals surface area contributed by atoms with Gasteiger partial charge in [-0.3, -0.25) is 4.99 Å². The molecule has 3 rings (SSSR count). The zero-order chi connectivity index (χ0) is 16.6. The lowest BCUT2D eigenvalue weighted by Crippen LogP contribution is -2.26. The molecule has 0 bridgehead atoms. The summed E-state index contributed by atoms with van der Waals surface area (Å²) in [6.07, 6.45) is 3.80. The monoisotopic (exact) mass is 313 g/mol. The fourth-order valence-corrected chi connectivity index (χ4v) is 2.92.